The summed E-state index contributed by atoms with van der Waals surface area (Å²) in [6.07, 6.45) is 0. The molecule has 1 aromatic carbocycles. The third-order valence-electron chi connectivity index (χ3n) is 3.59. The van der Waals surface area contributed by atoms with Crippen LogP contribution in [-0.2, 0) is 0 Å². The molecule has 0 spiro atoms. The summed E-state index contributed by atoms with van der Waals surface area (Å²) in [4.78, 5) is 4.80. The van der Waals surface area contributed by atoms with Crippen molar-refractivity contribution in [2.45, 2.75) is 6.04 Å². The van der Waals surface area contributed by atoms with Gasteiger partial charge < -0.3 is 15.4 Å². The Balaban J connectivity index is 1.88. The average molecular weight is 249 g/mol. The molecule has 0 amide bonds. The van der Waals surface area contributed by atoms with Crippen LogP contribution in [0.1, 0.15) is 11.6 Å². The maximum Gasteiger partial charge on any atom is 0.118 e. The Kier molecular flexibility index (Phi) is 4.58. The van der Waals surface area contributed by atoms with Crippen molar-refractivity contribution >= 4 is 0 Å². The van der Waals surface area contributed by atoms with E-state index >= 15 is 0 Å². The lowest BCUT2D eigenvalue weighted by atomic mass is 10.1. The Morgan fingerprint density at radius 1 is 1.17 bits per heavy atom. The second kappa shape index (κ2) is 6.18. The van der Waals surface area contributed by atoms with Crippen molar-refractivity contribution < 1.29 is 4.74 Å². The predicted molar refractivity (Wildman–Crippen MR) is 73.9 cm³/mol. The highest BCUT2D eigenvalue weighted by molar-refractivity contribution is 5.29. The van der Waals surface area contributed by atoms with E-state index in [1.165, 1.54) is 5.56 Å². The third kappa shape index (κ3) is 3.45. The molecular weight excluding hydrogens is 226 g/mol. The Bertz CT molecular complexity index is 358. The molecular formula is C14H23N3O. The van der Waals surface area contributed by atoms with Crippen LogP contribution in [0.2, 0.25) is 0 Å². The minimum absolute atomic E-state index is 0.0827. The molecule has 0 aromatic heterocycles. The molecule has 4 nitrogen and oxygen atoms in total. The van der Waals surface area contributed by atoms with E-state index in [1.54, 1.807) is 7.11 Å². The van der Waals surface area contributed by atoms with Gasteiger partial charge in [0, 0.05) is 38.8 Å². The van der Waals surface area contributed by atoms with Crippen LogP contribution in [0, 0.1) is 0 Å². The van der Waals surface area contributed by atoms with Crippen LogP contribution in [0.15, 0.2) is 24.3 Å². The van der Waals surface area contributed by atoms with Gasteiger partial charge in [0.1, 0.15) is 5.75 Å². The Labute approximate surface area is 109 Å². The molecule has 0 radical (unpaired) electrons. The number of methoxy groups -OCH3 is 1. The molecule has 0 aliphatic carbocycles. The molecule has 1 fully saturated rings. The van der Waals surface area contributed by atoms with Gasteiger partial charge in [-0.25, -0.2) is 0 Å². The van der Waals surface area contributed by atoms with Crippen LogP contribution in [0.3, 0.4) is 0 Å². The van der Waals surface area contributed by atoms with Gasteiger partial charge in [-0.3, -0.25) is 4.90 Å². The van der Waals surface area contributed by atoms with Crippen molar-refractivity contribution in [3.63, 3.8) is 0 Å². The van der Waals surface area contributed by atoms with E-state index in [9.17, 15) is 0 Å². The molecule has 2 N–H and O–H groups in total. The number of nitrogens with two attached hydrogens (primary N) is 1. The van der Waals surface area contributed by atoms with Gasteiger partial charge in [0.05, 0.1) is 7.11 Å². The zero-order valence-corrected chi connectivity index (χ0v) is 11.3. The first kappa shape index (κ1) is 13.3. The maximum absolute atomic E-state index is 6.26. The van der Waals surface area contributed by atoms with E-state index in [2.05, 4.69) is 29.0 Å². The van der Waals surface area contributed by atoms with Crippen LogP contribution in [-0.4, -0.2) is 56.7 Å². The van der Waals surface area contributed by atoms with Gasteiger partial charge in [0.2, 0.25) is 0 Å². The van der Waals surface area contributed by atoms with Crippen LogP contribution in [0.25, 0.3) is 0 Å². The topological polar surface area (TPSA) is 41.7 Å². The minimum Gasteiger partial charge on any atom is -0.497 e. The lowest BCUT2D eigenvalue weighted by Gasteiger charge is -2.33. The largest absolute Gasteiger partial charge is 0.497 e. The number of benzene rings is 1. The molecule has 1 heterocycles. The Morgan fingerprint density at radius 2 is 1.78 bits per heavy atom. The second-order valence-corrected chi connectivity index (χ2v) is 4.98. The van der Waals surface area contributed by atoms with E-state index in [1.807, 2.05) is 12.1 Å². The molecule has 1 atom stereocenters. The molecule has 1 aliphatic heterocycles. The fraction of sp³-hybridized carbons (Fsp3) is 0.571. The van der Waals surface area contributed by atoms with E-state index in [0.29, 0.717) is 0 Å². The van der Waals surface area contributed by atoms with Gasteiger partial charge in [0.25, 0.3) is 0 Å². The molecule has 1 aliphatic rings. The van der Waals surface area contributed by atoms with Gasteiger partial charge in [-0.05, 0) is 24.7 Å². The summed E-state index contributed by atoms with van der Waals surface area (Å²) in [7, 11) is 3.85. The minimum atomic E-state index is 0.0827. The summed E-state index contributed by atoms with van der Waals surface area (Å²) < 4.78 is 5.15. The van der Waals surface area contributed by atoms with Gasteiger partial charge in [0.15, 0.2) is 0 Å². The number of likely N-dealkylation sites (N-methyl/N-ethyl adjacent to an activating group) is 1. The Hall–Kier alpha value is -1.10. The molecule has 0 unspecified atom stereocenters. The molecule has 2 rings (SSSR count). The van der Waals surface area contributed by atoms with E-state index in [4.69, 9.17) is 10.5 Å². The molecule has 18 heavy (non-hydrogen) atoms. The number of hydrogen-bond acceptors (Lipinski definition) is 4. The van der Waals surface area contributed by atoms with Crippen LogP contribution in [0.4, 0.5) is 0 Å². The smallest absolute Gasteiger partial charge is 0.118 e. The monoisotopic (exact) mass is 249 g/mol. The SMILES string of the molecule is COc1ccc([C@H](N)CN2CCN(C)CC2)cc1. The third-order valence-corrected chi connectivity index (χ3v) is 3.59. The molecule has 100 valence electrons. The van der Waals surface area contributed by atoms with Crippen molar-refractivity contribution in [2.75, 3.05) is 46.9 Å². The number of rotatable bonds is 4. The first-order valence-corrected chi connectivity index (χ1v) is 6.49. The zero-order chi connectivity index (χ0) is 13.0. The van der Waals surface area contributed by atoms with Gasteiger partial charge >= 0.3 is 0 Å². The fourth-order valence-corrected chi connectivity index (χ4v) is 2.27. The average Bonchev–Trinajstić information content (AvgIpc) is 2.41. The fourth-order valence-electron chi connectivity index (χ4n) is 2.27. The van der Waals surface area contributed by atoms with Gasteiger partial charge in [-0.1, -0.05) is 12.1 Å². The molecule has 0 saturated carbocycles. The van der Waals surface area contributed by atoms with Crippen LogP contribution < -0.4 is 10.5 Å². The normalized spacial score (nSPS) is 19.7. The predicted octanol–water partition coefficient (Wildman–Crippen LogP) is 0.942. The van der Waals surface area contributed by atoms with E-state index in [0.717, 1.165) is 38.5 Å². The highest BCUT2D eigenvalue weighted by atomic mass is 16.5. The molecule has 1 saturated heterocycles. The summed E-state index contributed by atoms with van der Waals surface area (Å²) in [5.41, 5.74) is 7.43. The molecule has 4 heteroatoms. The summed E-state index contributed by atoms with van der Waals surface area (Å²) in [5, 5.41) is 0. The standard InChI is InChI=1S/C14H23N3O/c1-16-7-9-17(10-8-16)11-14(15)12-3-5-13(18-2)6-4-12/h3-6,14H,7-11,15H2,1-2H3/t14-/m1/s1. The summed E-state index contributed by atoms with van der Waals surface area (Å²) >= 11 is 0. The highest BCUT2D eigenvalue weighted by Crippen LogP contribution is 2.17. The summed E-state index contributed by atoms with van der Waals surface area (Å²) in [6, 6.07) is 8.14. The van der Waals surface area contributed by atoms with Crippen molar-refractivity contribution in [2.24, 2.45) is 5.73 Å². The van der Waals surface area contributed by atoms with Crippen LogP contribution >= 0.6 is 0 Å². The van der Waals surface area contributed by atoms with Crippen molar-refractivity contribution in [3.05, 3.63) is 29.8 Å². The molecule has 0 bridgehead atoms. The lowest BCUT2D eigenvalue weighted by molar-refractivity contribution is 0.147. The van der Waals surface area contributed by atoms with Gasteiger partial charge in [-0.15, -0.1) is 0 Å². The highest BCUT2D eigenvalue weighted by Gasteiger charge is 2.17. The number of nitrogens with zero attached hydrogens (tertiary/aromatic N) is 2. The lowest BCUT2D eigenvalue weighted by Crippen LogP contribution is -2.46. The summed E-state index contributed by atoms with van der Waals surface area (Å²) in [6.45, 7) is 5.42. The number of ether oxygens (including phenoxy) is 1. The first-order chi connectivity index (χ1) is 8.69. The van der Waals surface area contributed by atoms with Crippen molar-refractivity contribution in [1.29, 1.82) is 0 Å². The van der Waals surface area contributed by atoms with E-state index < -0.39 is 0 Å². The van der Waals surface area contributed by atoms with Gasteiger partial charge in [-0.2, -0.15) is 0 Å². The zero-order valence-electron chi connectivity index (χ0n) is 11.3. The maximum atomic E-state index is 6.26. The quantitative estimate of drug-likeness (QED) is 0.862. The first-order valence-electron chi connectivity index (χ1n) is 6.49. The van der Waals surface area contributed by atoms with Crippen LogP contribution in [0.5, 0.6) is 5.75 Å². The Morgan fingerprint density at radius 3 is 2.33 bits per heavy atom. The summed E-state index contributed by atoms with van der Waals surface area (Å²) in [5.74, 6) is 0.880. The molecule has 1 aromatic rings. The second-order valence-electron chi connectivity index (χ2n) is 4.98. The van der Waals surface area contributed by atoms with Crippen molar-refractivity contribution in [3.8, 4) is 5.75 Å². The number of hydrogen-bond donors (Lipinski definition) is 1. The van der Waals surface area contributed by atoms with Crippen molar-refractivity contribution in [1.82, 2.24) is 9.80 Å². The number of piperazine rings is 1. The van der Waals surface area contributed by atoms with E-state index in [-0.39, 0.29) is 6.04 Å².